The maximum atomic E-state index is 13.8. The number of methoxy groups -OCH3 is 1. The van der Waals surface area contributed by atoms with E-state index in [1.54, 1.807) is 12.1 Å². The Balaban J connectivity index is 2.21. The lowest BCUT2D eigenvalue weighted by Crippen LogP contribution is -2.24. The summed E-state index contributed by atoms with van der Waals surface area (Å²) in [5.74, 6) is -0.721. The van der Waals surface area contributed by atoms with Gasteiger partial charge in [0.05, 0.1) is 18.8 Å². The first-order valence-corrected chi connectivity index (χ1v) is 6.69. The fourth-order valence-corrected chi connectivity index (χ4v) is 2.06. The van der Waals surface area contributed by atoms with Gasteiger partial charge in [-0.05, 0) is 30.7 Å². The van der Waals surface area contributed by atoms with Crippen molar-refractivity contribution in [1.29, 1.82) is 0 Å². The monoisotopic (exact) mass is 293 g/mol. The Bertz CT molecular complexity index is 590. The first-order valence-electron chi connectivity index (χ1n) is 6.69. The normalized spacial score (nSPS) is 12.2. The first kappa shape index (κ1) is 15.3. The van der Waals surface area contributed by atoms with Crippen molar-refractivity contribution in [2.24, 2.45) is 0 Å². The van der Waals surface area contributed by atoms with E-state index in [2.05, 4.69) is 15.5 Å². The van der Waals surface area contributed by atoms with E-state index < -0.39 is 11.6 Å². The summed E-state index contributed by atoms with van der Waals surface area (Å²) in [6, 6.07) is 6.87. The van der Waals surface area contributed by atoms with Crippen LogP contribution >= 0.6 is 0 Å². The largest absolute Gasteiger partial charge is 0.480 e. The summed E-state index contributed by atoms with van der Waals surface area (Å²) >= 11 is 0. The molecule has 112 valence electrons. The van der Waals surface area contributed by atoms with Gasteiger partial charge in [0, 0.05) is 12.1 Å². The molecular formula is C15H17F2N3O. The average molecular weight is 293 g/mol. The molecule has 0 aliphatic heterocycles. The number of rotatable bonds is 6. The molecule has 6 heteroatoms. The molecule has 1 N–H and O–H groups in total. The molecule has 4 nitrogen and oxygen atoms in total. The van der Waals surface area contributed by atoms with Gasteiger partial charge in [0.25, 0.3) is 0 Å². The van der Waals surface area contributed by atoms with Crippen molar-refractivity contribution in [2.75, 3.05) is 13.7 Å². The maximum absolute atomic E-state index is 13.8. The molecule has 0 bridgehead atoms. The third kappa shape index (κ3) is 3.95. The van der Waals surface area contributed by atoms with E-state index in [-0.39, 0.29) is 6.04 Å². The molecule has 0 amide bonds. The molecule has 0 spiro atoms. The minimum Gasteiger partial charge on any atom is -0.480 e. The molecule has 0 saturated heterocycles. The van der Waals surface area contributed by atoms with Gasteiger partial charge >= 0.3 is 0 Å². The molecule has 0 aliphatic rings. The zero-order chi connectivity index (χ0) is 15.2. The van der Waals surface area contributed by atoms with Crippen LogP contribution in [-0.4, -0.2) is 23.9 Å². The Morgan fingerprint density at radius 1 is 1.19 bits per heavy atom. The lowest BCUT2D eigenvalue weighted by Gasteiger charge is -2.17. The zero-order valence-corrected chi connectivity index (χ0v) is 11.9. The Morgan fingerprint density at radius 2 is 2.00 bits per heavy atom. The van der Waals surface area contributed by atoms with E-state index in [0.29, 0.717) is 30.1 Å². The maximum Gasteiger partial charge on any atom is 0.233 e. The predicted molar refractivity (Wildman–Crippen MR) is 75.1 cm³/mol. The molecular weight excluding hydrogens is 276 g/mol. The zero-order valence-electron chi connectivity index (χ0n) is 11.9. The van der Waals surface area contributed by atoms with Gasteiger partial charge in [-0.2, -0.15) is 5.10 Å². The van der Waals surface area contributed by atoms with Gasteiger partial charge in [-0.1, -0.05) is 13.0 Å². The Morgan fingerprint density at radius 3 is 2.57 bits per heavy atom. The number of halogens is 2. The molecule has 1 atom stereocenters. The van der Waals surface area contributed by atoms with E-state index in [0.717, 1.165) is 6.07 Å². The van der Waals surface area contributed by atoms with Crippen molar-refractivity contribution in [3.05, 3.63) is 53.2 Å². The highest BCUT2D eigenvalue weighted by Gasteiger charge is 2.16. The van der Waals surface area contributed by atoms with Crippen molar-refractivity contribution in [2.45, 2.75) is 19.4 Å². The van der Waals surface area contributed by atoms with Gasteiger partial charge in [0.1, 0.15) is 11.6 Å². The lowest BCUT2D eigenvalue weighted by atomic mass is 10.0. The molecule has 1 unspecified atom stereocenters. The van der Waals surface area contributed by atoms with Crippen LogP contribution in [0.2, 0.25) is 0 Å². The molecule has 21 heavy (non-hydrogen) atoms. The molecule has 1 aromatic heterocycles. The summed E-state index contributed by atoms with van der Waals surface area (Å²) in [7, 11) is 1.51. The van der Waals surface area contributed by atoms with Crippen LogP contribution < -0.4 is 10.1 Å². The molecule has 0 saturated carbocycles. The van der Waals surface area contributed by atoms with Crippen molar-refractivity contribution in [1.82, 2.24) is 15.5 Å². The number of aromatic nitrogens is 2. The van der Waals surface area contributed by atoms with Gasteiger partial charge in [0.2, 0.25) is 5.88 Å². The highest BCUT2D eigenvalue weighted by atomic mass is 19.1. The van der Waals surface area contributed by atoms with Crippen LogP contribution in [-0.2, 0) is 6.42 Å². The van der Waals surface area contributed by atoms with E-state index >= 15 is 0 Å². The smallest absolute Gasteiger partial charge is 0.233 e. The van der Waals surface area contributed by atoms with Crippen molar-refractivity contribution >= 4 is 0 Å². The molecule has 1 aromatic carbocycles. The van der Waals surface area contributed by atoms with Crippen LogP contribution in [0.15, 0.2) is 30.3 Å². The first-order chi connectivity index (χ1) is 10.1. The molecule has 0 radical (unpaired) electrons. The van der Waals surface area contributed by atoms with Crippen molar-refractivity contribution in [3.8, 4) is 5.88 Å². The minimum absolute atomic E-state index is 0.201. The number of benzene rings is 1. The summed E-state index contributed by atoms with van der Waals surface area (Å²) < 4.78 is 31.7. The fraction of sp³-hybridized carbons (Fsp3) is 0.333. The standard InChI is InChI=1S/C15H17F2N3O/c1-3-18-14(13-6-7-15(21-2)20-19-13)8-10-4-5-11(16)9-12(10)17/h4-7,9,14,18H,3,8H2,1-2H3. The fourth-order valence-electron chi connectivity index (χ4n) is 2.06. The summed E-state index contributed by atoms with van der Waals surface area (Å²) in [5, 5.41) is 11.2. The second kappa shape index (κ2) is 7.08. The van der Waals surface area contributed by atoms with Crippen LogP contribution in [0.25, 0.3) is 0 Å². The topological polar surface area (TPSA) is 47.0 Å². The number of ether oxygens (including phenoxy) is 1. The second-order valence-electron chi connectivity index (χ2n) is 4.55. The highest BCUT2D eigenvalue weighted by molar-refractivity contribution is 5.22. The molecule has 2 rings (SSSR count). The number of hydrogen-bond donors (Lipinski definition) is 1. The summed E-state index contributed by atoms with van der Waals surface area (Å²) in [4.78, 5) is 0. The third-order valence-electron chi connectivity index (χ3n) is 3.12. The van der Waals surface area contributed by atoms with Gasteiger partial charge in [0.15, 0.2) is 0 Å². The third-order valence-corrected chi connectivity index (χ3v) is 3.12. The van der Waals surface area contributed by atoms with Crippen molar-refractivity contribution < 1.29 is 13.5 Å². The van der Waals surface area contributed by atoms with Gasteiger partial charge < -0.3 is 10.1 Å². The van der Waals surface area contributed by atoms with Gasteiger partial charge in [-0.15, -0.1) is 5.10 Å². The SMILES string of the molecule is CCNC(Cc1ccc(F)cc1F)c1ccc(OC)nn1. The average Bonchev–Trinajstić information content (AvgIpc) is 2.49. The minimum atomic E-state index is -0.583. The highest BCUT2D eigenvalue weighted by Crippen LogP contribution is 2.20. The van der Waals surface area contributed by atoms with Gasteiger partial charge in [-0.25, -0.2) is 8.78 Å². The summed E-state index contributed by atoms with van der Waals surface area (Å²) in [6.07, 6.45) is 0.362. The van der Waals surface area contributed by atoms with Crippen LogP contribution in [0.5, 0.6) is 5.88 Å². The van der Waals surface area contributed by atoms with E-state index in [1.165, 1.54) is 19.2 Å². The molecule has 2 aromatic rings. The van der Waals surface area contributed by atoms with Crippen molar-refractivity contribution in [3.63, 3.8) is 0 Å². The molecule has 0 aliphatic carbocycles. The second-order valence-corrected chi connectivity index (χ2v) is 4.55. The number of nitrogens with zero attached hydrogens (tertiary/aromatic N) is 2. The lowest BCUT2D eigenvalue weighted by molar-refractivity contribution is 0.389. The Kier molecular flexibility index (Phi) is 5.16. The Hall–Kier alpha value is -2.08. The molecule has 1 heterocycles. The predicted octanol–water partition coefficient (Wildman–Crippen LogP) is 2.66. The number of nitrogens with one attached hydrogen (secondary N) is 1. The quantitative estimate of drug-likeness (QED) is 0.889. The summed E-state index contributed by atoms with van der Waals surface area (Å²) in [5.41, 5.74) is 1.11. The van der Waals surface area contributed by atoms with E-state index in [9.17, 15) is 8.78 Å². The number of hydrogen-bond acceptors (Lipinski definition) is 4. The number of likely N-dealkylation sites (N-methyl/N-ethyl adjacent to an activating group) is 1. The Labute approximate surface area is 122 Å². The van der Waals surface area contributed by atoms with E-state index in [1.807, 2.05) is 6.92 Å². The van der Waals surface area contributed by atoms with E-state index in [4.69, 9.17) is 4.74 Å². The van der Waals surface area contributed by atoms with Crippen LogP contribution in [0.3, 0.4) is 0 Å². The van der Waals surface area contributed by atoms with Crippen LogP contribution in [0, 0.1) is 11.6 Å². The van der Waals surface area contributed by atoms with Gasteiger partial charge in [-0.3, -0.25) is 0 Å². The van der Waals surface area contributed by atoms with Crippen LogP contribution in [0.1, 0.15) is 24.2 Å². The van der Waals surface area contributed by atoms with Crippen LogP contribution in [0.4, 0.5) is 8.78 Å². The summed E-state index contributed by atoms with van der Waals surface area (Å²) in [6.45, 7) is 2.65. The molecule has 0 fully saturated rings.